The Kier molecular flexibility index (Phi) is 4.43. The highest BCUT2D eigenvalue weighted by molar-refractivity contribution is 8.13. The lowest BCUT2D eigenvalue weighted by atomic mass is 10.2. The number of hydrogen-bond donors (Lipinski definition) is 1. The van der Waals surface area contributed by atoms with Crippen LogP contribution in [0.5, 0.6) is 0 Å². The van der Waals surface area contributed by atoms with E-state index in [9.17, 15) is 4.79 Å². The summed E-state index contributed by atoms with van der Waals surface area (Å²) in [7, 11) is 0. The molecule has 0 saturated heterocycles. The monoisotopic (exact) mass is 324 g/mol. The number of thioether (sulfide) groups is 1. The van der Waals surface area contributed by atoms with Crippen molar-refractivity contribution in [2.75, 3.05) is 11.7 Å². The van der Waals surface area contributed by atoms with E-state index in [0.717, 1.165) is 5.69 Å². The van der Waals surface area contributed by atoms with Crippen LogP contribution in [0.1, 0.15) is 5.82 Å². The molecule has 116 valence electrons. The number of aromatic nitrogens is 2. The number of rotatable bonds is 2. The number of benzene rings is 2. The van der Waals surface area contributed by atoms with Crippen molar-refractivity contribution in [3.8, 4) is 0 Å². The molecule has 1 N–H and O–H groups in total. The van der Waals surface area contributed by atoms with Gasteiger partial charge in [-0.25, -0.2) is 14.7 Å². The summed E-state index contributed by atoms with van der Waals surface area (Å²) in [5, 5.41) is 1.20. The first kappa shape index (κ1) is 15.3. The van der Waals surface area contributed by atoms with Crippen LogP contribution in [0.25, 0.3) is 10.9 Å². The van der Waals surface area contributed by atoms with E-state index in [1.165, 1.54) is 16.4 Å². The second-order valence-corrected chi connectivity index (χ2v) is 5.68. The zero-order chi connectivity index (χ0) is 16.2. The van der Waals surface area contributed by atoms with Gasteiger partial charge < -0.3 is 0 Å². The van der Waals surface area contributed by atoms with Crippen LogP contribution in [-0.4, -0.2) is 21.1 Å². The second-order valence-electron chi connectivity index (χ2n) is 4.89. The van der Waals surface area contributed by atoms with E-state index in [-0.39, 0.29) is 5.56 Å². The maximum Gasteiger partial charge on any atom is 0.280 e. The molecule has 6 heteroatoms. The Labute approximate surface area is 138 Å². The van der Waals surface area contributed by atoms with Gasteiger partial charge in [-0.15, -0.1) is 0 Å². The molecule has 0 fully saturated rings. The summed E-state index contributed by atoms with van der Waals surface area (Å²) < 4.78 is 1.43. The molecule has 23 heavy (non-hydrogen) atoms. The first-order valence-corrected chi connectivity index (χ1v) is 8.34. The van der Waals surface area contributed by atoms with E-state index in [4.69, 9.17) is 0 Å². The number of aryl methyl sites for hydroxylation is 1. The average molecular weight is 324 g/mol. The summed E-state index contributed by atoms with van der Waals surface area (Å²) in [6, 6.07) is 16.9. The maximum absolute atomic E-state index is 12.6. The summed E-state index contributed by atoms with van der Waals surface area (Å²) >= 11 is 1.43. The molecular formula is C17H16N4OS. The largest absolute Gasteiger partial charge is 0.280 e. The molecule has 0 atom stereocenters. The van der Waals surface area contributed by atoms with Crippen molar-refractivity contribution in [1.82, 2.24) is 9.66 Å². The summed E-state index contributed by atoms with van der Waals surface area (Å²) in [5.41, 5.74) is 4.44. The molecule has 3 aromatic rings. The van der Waals surface area contributed by atoms with Crippen LogP contribution in [-0.2, 0) is 0 Å². The molecule has 3 rings (SSSR count). The molecular weight excluding hydrogens is 308 g/mol. The Morgan fingerprint density at radius 3 is 2.57 bits per heavy atom. The van der Waals surface area contributed by atoms with E-state index in [1.54, 1.807) is 13.0 Å². The van der Waals surface area contributed by atoms with Crippen LogP contribution in [0.2, 0.25) is 0 Å². The fourth-order valence-electron chi connectivity index (χ4n) is 2.21. The van der Waals surface area contributed by atoms with Gasteiger partial charge in [-0.1, -0.05) is 42.1 Å². The van der Waals surface area contributed by atoms with Gasteiger partial charge in [0.1, 0.15) is 5.82 Å². The van der Waals surface area contributed by atoms with Crippen molar-refractivity contribution >= 4 is 33.5 Å². The van der Waals surface area contributed by atoms with Gasteiger partial charge in [-0.05, 0) is 37.4 Å². The number of aliphatic imine (C=N–C) groups is 1. The lowest BCUT2D eigenvalue weighted by Crippen LogP contribution is -2.34. The van der Waals surface area contributed by atoms with Gasteiger partial charge in [0.05, 0.1) is 16.6 Å². The van der Waals surface area contributed by atoms with E-state index < -0.39 is 0 Å². The van der Waals surface area contributed by atoms with Crippen LogP contribution in [0.4, 0.5) is 5.69 Å². The van der Waals surface area contributed by atoms with E-state index in [2.05, 4.69) is 15.4 Å². The molecule has 1 aromatic heterocycles. The zero-order valence-corrected chi connectivity index (χ0v) is 13.7. The van der Waals surface area contributed by atoms with Crippen molar-refractivity contribution in [2.24, 2.45) is 4.99 Å². The molecule has 0 saturated carbocycles. The highest BCUT2D eigenvalue weighted by atomic mass is 32.2. The van der Waals surface area contributed by atoms with Gasteiger partial charge in [0.25, 0.3) is 5.56 Å². The Hall–Kier alpha value is -2.60. The second kappa shape index (κ2) is 6.66. The molecule has 0 aliphatic rings. The maximum atomic E-state index is 12.6. The minimum absolute atomic E-state index is 0.136. The van der Waals surface area contributed by atoms with Crippen LogP contribution in [0.15, 0.2) is 64.4 Å². The van der Waals surface area contributed by atoms with Crippen LogP contribution in [0, 0.1) is 6.92 Å². The summed E-state index contributed by atoms with van der Waals surface area (Å²) in [5.74, 6) is 0.587. The van der Waals surface area contributed by atoms with E-state index in [0.29, 0.717) is 21.9 Å². The minimum atomic E-state index is -0.136. The van der Waals surface area contributed by atoms with Crippen molar-refractivity contribution in [3.05, 3.63) is 70.8 Å². The average Bonchev–Trinajstić information content (AvgIpc) is 2.58. The van der Waals surface area contributed by atoms with Crippen LogP contribution >= 0.6 is 11.8 Å². The molecule has 2 aromatic carbocycles. The molecule has 5 nitrogen and oxygen atoms in total. The first-order valence-electron chi connectivity index (χ1n) is 7.12. The Bertz CT molecular complexity index is 919. The number of amidine groups is 1. The third kappa shape index (κ3) is 3.27. The highest BCUT2D eigenvalue weighted by Gasteiger charge is 2.09. The van der Waals surface area contributed by atoms with Gasteiger partial charge >= 0.3 is 0 Å². The molecule has 0 radical (unpaired) electrons. The summed E-state index contributed by atoms with van der Waals surface area (Å²) in [6.45, 7) is 1.79. The molecule has 0 spiro atoms. The lowest BCUT2D eigenvalue weighted by Gasteiger charge is -2.13. The van der Waals surface area contributed by atoms with Crippen molar-refractivity contribution < 1.29 is 0 Å². The van der Waals surface area contributed by atoms with Crippen LogP contribution in [0.3, 0.4) is 0 Å². The Morgan fingerprint density at radius 2 is 1.83 bits per heavy atom. The van der Waals surface area contributed by atoms with Crippen LogP contribution < -0.4 is 11.0 Å². The van der Waals surface area contributed by atoms with Gasteiger partial charge in [-0.3, -0.25) is 10.2 Å². The predicted molar refractivity (Wildman–Crippen MR) is 97.2 cm³/mol. The molecule has 1 heterocycles. The molecule has 0 amide bonds. The number of nitrogens with zero attached hydrogens (tertiary/aromatic N) is 3. The van der Waals surface area contributed by atoms with Gasteiger partial charge in [0, 0.05) is 0 Å². The molecule has 0 bridgehead atoms. The normalized spacial score (nSPS) is 11.7. The molecule has 0 aliphatic heterocycles. The number of para-hydroxylation sites is 2. The van der Waals surface area contributed by atoms with Crippen molar-refractivity contribution in [2.45, 2.75) is 6.92 Å². The number of nitrogens with one attached hydrogen (secondary N) is 1. The van der Waals surface area contributed by atoms with E-state index in [1.807, 2.05) is 54.8 Å². The Balaban J connectivity index is 2.03. The first-order chi connectivity index (χ1) is 11.2. The third-order valence-corrected chi connectivity index (χ3v) is 3.90. The van der Waals surface area contributed by atoms with Crippen molar-refractivity contribution in [1.29, 1.82) is 0 Å². The zero-order valence-electron chi connectivity index (χ0n) is 12.9. The fraction of sp³-hybridized carbons (Fsp3) is 0.118. The molecule has 0 unspecified atom stereocenters. The highest BCUT2D eigenvalue weighted by Crippen LogP contribution is 2.13. The van der Waals surface area contributed by atoms with Gasteiger partial charge in [0.2, 0.25) is 0 Å². The lowest BCUT2D eigenvalue weighted by molar-refractivity contribution is 0.839. The Morgan fingerprint density at radius 1 is 1.13 bits per heavy atom. The summed E-state index contributed by atoms with van der Waals surface area (Å²) in [6.07, 6.45) is 1.91. The minimum Gasteiger partial charge on any atom is -0.268 e. The quantitative estimate of drug-likeness (QED) is 0.580. The smallest absolute Gasteiger partial charge is 0.268 e. The molecule has 0 aliphatic carbocycles. The SMILES string of the molecule is CSC(=Nc1ccccc1)Nn1c(C)nc2ccccc2c1=O. The van der Waals surface area contributed by atoms with E-state index >= 15 is 0 Å². The third-order valence-electron chi connectivity index (χ3n) is 3.33. The predicted octanol–water partition coefficient (Wildman–Crippen LogP) is 3.30. The number of hydrogen-bond acceptors (Lipinski definition) is 4. The number of fused-ring (bicyclic) bond motifs is 1. The fourth-order valence-corrected chi connectivity index (χ4v) is 2.59. The topological polar surface area (TPSA) is 59.3 Å². The van der Waals surface area contributed by atoms with Crippen molar-refractivity contribution in [3.63, 3.8) is 0 Å². The van der Waals surface area contributed by atoms with Gasteiger partial charge in [0.15, 0.2) is 5.17 Å². The van der Waals surface area contributed by atoms with Gasteiger partial charge in [-0.2, -0.15) is 0 Å². The standard InChI is InChI=1S/C17H16N4OS/c1-12-18-15-11-7-6-10-14(15)16(22)21(12)20-17(23-2)19-13-8-4-3-5-9-13/h3-11H,1-2H3,(H,19,20). The summed E-state index contributed by atoms with van der Waals surface area (Å²) in [4.78, 5) is 21.6.